The van der Waals surface area contributed by atoms with Crippen LogP contribution in [0.5, 0.6) is 0 Å². The molecule has 0 amide bonds. The molecule has 0 aliphatic heterocycles. The van der Waals surface area contributed by atoms with Crippen molar-refractivity contribution < 1.29 is 8.42 Å². The summed E-state index contributed by atoms with van der Waals surface area (Å²) >= 11 is 2.16. The predicted octanol–water partition coefficient (Wildman–Crippen LogP) is 2.00. The Hall–Kier alpha value is -0.100. The van der Waals surface area contributed by atoms with Crippen molar-refractivity contribution in [3.63, 3.8) is 0 Å². The molecule has 0 aromatic heterocycles. The molecule has 2 nitrogen and oxygen atoms in total. The molecule has 1 aromatic carbocycles. The first-order chi connectivity index (χ1) is 5.41. The third-order valence-electron chi connectivity index (χ3n) is 1.54. The first kappa shape index (κ1) is 9.98. The largest absolute Gasteiger partial charge is 0.224 e. The van der Waals surface area contributed by atoms with Crippen molar-refractivity contribution in [3.05, 3.63) is 27.3 Å². The van der Waals surface area contributed by atoms with E-state index in [1.54, 1.807) is 19.1 Å². The predicted molar refractivity (Wildman–Crippen MR) is 57.0 cm³/mol. The van der Waals surface area contributed by atoms with Gasteiger partial charge in [-0.3, -0.25) is 0 Å². The number of hydrogen-bond donors (Lipinski definition) is 0. The van der Waals surface area contributed by atoms with Gasteiger partial charge in [-0.05, 0) is 53.3 Å². The van der Waals surface area contributed by atoms with Crippen LogP contribution in [0.25, 0.3) is 0 Å². The van der Waals surface area contributed by atoms with E-state index in [0.717, 1.165) is 9.13 Å². The second kappa shape index (κ2) is 3.33. The average molecular weight is 296 g/mol. The molecule has 0 spiro atoms. The van der Waals surface area contributed by atoms with Crippen LogP contribution in [0.4, 0.5) is 0 Å². The van der Waals surface area contributed by atoms with E-state index in [-0.39, 0.29) is 0 Å². The van der Waals surface area contributed by atoms with E-state index in [1.807, 2.05) is 6.07 Å². The highest BCUT2D eigenvalue weighted by molar-refractivity contribution is 14.1. The van der Waals surface area contributed by atoms with Crippen molar-refractivity contribution in [2.45, 2.75) is 11.8 Å². The van der Waals surface area contributed by atoms with Gasteiger partial charge < -0.3 is 0 Å². The Morgan fingerprint density at radius 1 is 1.33 bits per heavy atom. The van der Waals surface area contributed by atoms with Gasteiger partial charge in [0.1, 0.15) is 0 Å². The Kier molecular flexibility index (Phi) is 2.77. The molecule has 0 bridgehead atoms. The monoisotopic (exact) mass is 296 g/mol. The Morgan fingerprint density at radius 3 is 2.33 bits per heavy atom. The lowest BCUT2D eigenvalue weighted by atomic mass is 10.2. The van der Waals surface area contributed by atoms with E-state index in [2.05, 4.69) is 22.6 Å². The zero-order valence-electron chi connectivity index (χ0n) is 6.83. The quantitative estimate of drug-likeness (QED) is 0.743. The van der Waals surface area contributed by atoms with Gasteiger partial charge in [-0.25, -0.2) is 8.42 Å². The van der Waals surface area contributed by atoms with E-state index in [4.69, 9.17) is 0 Å². The van der Waals surface area contributed by atoms with E-state index < -0.39 is 9.84 Å². The van der Waals surface area contributed by atoms with Gasteiger partial charge in [0.05, 0.1) is 4.90 Å². The van der Waals surface area contributed by atoms with Gasteiger partial charge in [-0.2, -0.15) is 0 Å². The van der Waals surface area contributed by atoms with Crippen molar-refractivity contribution in [2.24, 2.45) is 0 Å². The second-order valence-corrected chi connectivity index (χ2v) is 5.91. The Morgan fingerprint density at radius 2 is 1.92 bits per heavy atom. The number of halogens is 1. The van der Waals surface area contributed by atoms with Crippen molar-refractivity contribution >= 4 is 32.4 Å². The molecule has 0 radical (unpaired) electrons. The molecule has 4 heteroatoms. The highest BCUT2D eigenvalue weighted by Gasteiger charge is 2.09. The highest BCUT2D eigenvalue weighted by Crippen LogP contribution is 2.17. The van der Waals surface area contributed by atoms with Gasteiger partial charge in [0, 0.05) is 9.83 Å². The molecule has 0 saturated carbocycles. The van der Waals surface area contributed by atoms with Crippen LogP contribution in [0.1, 0.15) is 5.56 Å². The van der Waals surface area contributed by atoms with Crippen molar-refractivity contribution in [3.8, 4) is 0 Å². The molecular weight excluding hydrogens is 287 g/mol. The van der Waals surface area contributed by atoms with Gasteiger partial charge in [0.2, 0.25) is 0 Å². The van der Waals surface area contributed by atoms with Crippen LogP contribution >= 0.6 is 22.6 Å². The molecule has 0 unspecified atom stereocenters. The topological polar surface area (TPSA) is 34.1 Å². The summed E-state index contributed by atoms with van der Waals surface area (Å²) in [5.74, 6) is 0. The number of benzene rings is 1. The Bertz CT molecular complexity index is 396. The minimum atomic E-state index is -3.05. The van der Waals surface area contributed by atoms with E-state index >= 15 is 0 Å². The SMILES string of the molecule is Cc1cc(I)ccc1S(C)(=O)=O. The van der Waals surface area contributed by atoms with Crippen LogP contribution in [0.3, 0.4) is 0 Å². The summed E-state index contributed by atoms with van der Waals surface area (Å²) in [5, 5.41) is 0. The van der Waals surface area contributed by atoms with Crippen LogP contribution in [-0.4, -0.2) is 14.7 Å². The van der Waals surface area contributed by atoms with E-state index in [9.17, 15) is 8.42 Å². The summed E-state index contributed by atoms with van der Waals surface area (Å²) in [7, 11) is -3.05. The summed E-state index contributed by atoms with van der Waals surface area (Å²) in [6, 6.07) is 5.30. The van der Waals surface area contributed by atoms with Gasteiger partial charge in [0.15, 0.2) is 9.84 Å². The smallest absolute Gasteiger partial charge is 0.175 e. The molecule has 66 valence electrons. The van der Waals surface area contributed by atoms with Gasteiger partial charge in [0.25, 0.3) is 0 Å². The molecule has 0 heterocycles. The summed E-state index contributed by atoms with van der Waals surface area (Å²) in [4.78, 5) is 0.419. The molecule has 0 fully saturated rings. The van der Waals surface area contributed by atoms with Gasteiger partial charge in [-0.15, -0.1) is 0 Å². The Labute approximate surface area is 86.0 Å². The minimum absolute atomic E-state index is 0.419. The molecule has 12 heavy (non-hydrogen) atoms. The maximum atomic E-state index is 11.2. The number of sulfone groups is 1. The third-order valence-corrected chi connectivity index (χ3v) is 3.46. The van der Waals surface area contributed by atoms with E-state index in [0.29, 0.717) is 4.90 Å². The number of rotatable bonds is 1. The highest BCUT2D eigenvalue weighted by atomic mass is 127. The molecule has 0 saturated heterocycles. The van der Waals surface area contributed by atoms with Crippen molar-refractivity contribution in [2.75, 3.05) is 6.26 Å². The van der Waals surface area contributed by atoms with E-state index in [1.165, 1.54) is 6.26 Å². The lowest BCUT2D eigenvalue weighted by Gasteiger charge is -2.02. The fourth-order valence-electron chi connectivity index (χ4n) is 1.03. The third kappa shape index (κ3) is 2.20. The van der Waals surface area contributed by atoms with Crippen LogP contribution in [0.2, 0.25) is 0 Å². The zero-order chi connectivity index (χ0) is 9.35. The van der Waals surface area contributed by atoms with Crippen LogP contribution in [0.15, 0.2) is 23.1 Å². The first-order valence-corrected chi connectivity index (χ1v) is 6.34. The summed E-state index contributed by atoms with van der Waals surface area (Å²) in [6.07, 6.45) is 1.22. The molecule has 0 N–H and O–H groups in total. The van der Waals surface area contributed by atoms with Crippen LogP contribution in [0, 0.1) is 10.5 Å². The molecule has 0 aliphatic rings. The lowest BCUT2D eigenvalue weighted by Crippen LogP contribution is -1.99. The summed E-state index contributed by atoms with van der Waals surface area (Å²) in [5.41, 5.74) is 0.810. The van der Waals surface area contributed by atoms with Gasteiger partial charge in [-0.1, -0.05) is 0 Å². The number of hydrogen-bond acceptors (Lipinski definition) is 2. The molecule has 1 aromatic rings. The summed E-state index contributed by atoms with van der Waals surface area (Å²) in [6.45, 7) is 1.80. The minimum Gasteiger partial charge on any atom is -0.224 e. The van der Waals surface area contributed by atoms with Gasteiger partial charge >= 0.3 is 0 Å². The normalized spacial score (nSPS) is 11.6. The lowest BCUT2D eigenvalue weighted by molar-refractivity contribution is 0.601. The summed E-state index contributed by atoms with van der Waals surface area (Å²) < 4.78 is 23.4. The molecular formula is C8H9IO2S. The second-order valence-electron chi connectivity index (χ2n) is 2.68. The molecule has 1 rings (SSSR count). The average Bonchev–Trinajstić information content (AvgIpc) is 1.83. The van der Waals surface area contributed by atoms with Crippen molar-refractivity contribution in [1.29, 1.82) is 0 Å². The fourth-order valence-corrected chi connectivity index (χ4v) is 2.63. The maximum Gasteiger partial charge on any atom is 0.175 e. The number of aryl methyl sites for hydroxylation is 1. The first-order valence-electron chi connectivity index (χ1n) is 3.37. The zero-order valence-corrected chi connectivity index (χ0v) is 9.81. The maximum absolute atomic E-state index is 11.2. The van der Waals surface area contributed by atoms with Crippen molar-refractivity contribution in [1.82, 2.24) is 0 Å². The fraction of sp³-hybridized carbons (Fsp3) is 0.250. The van der Waals surface area contributed by atoms with Crippen LogP contribution in [-0.2, 0) is 9.84 Å². The molecule has 0 atom stereocenters. The standard InChI is InChI=1S/C8H9IO2S/c1-6-5-7(9)3-4-8(6)12(2,10)11/h3-5H,1-2H3. The Balaban J connectivity index is 3.39. The van der Waals surface area contributed by atoms with Crippen LogP contribution < -0.4 is 0 Å². The molecule has 0 aliphatic carbocycles.